The Morgan fingerprint density at radius 2 is 1.93 bits per heavy atom. The Hall–Kier alpha value is -2.43. The molecule has 5 heteroatoms. The van der Waals surface area contributed by atoms with Crippen LogP contribution >= 0.6 is 11.6 Å². The van der Waals surface area contributed by atoms with Gasteiger partial charge in [-0.1, -0.05) is 60.1 Å². The molecule has 2 aromatic carbocycles. The van der Waals surface area contributed by atoms with E-state index < -0.39 is 0 Å². The van der Waals surface area contributed by atoms with Gasteiger partial charge in [-0.25, -0.2) is 4.98 Å². The van der Waals surface area contributed by atoms with E-state index in [1.165, 1.54) is 5.56 Å². The molecule has 27 heavy (non-hydrogen) atoms. The van der Waals surface area contributed by atoms with E-state index in [2.05, 4.69) is 46.4 Å². The molecular weight excluding hydrogens is 358 g/mol. The molecule has 1 N–H and O–H groups in total. The summed E-state index contributed by atoms with van der Waals surface area (Å²) in [6.07, 6.45) is 0.944. The Morgan fingerprint density at radius 3 is 2.74 bits per heavy atom. The third-order valence-electron chi connectivity index (χ3n) is 5.31. The lowest BCUT2D eigenvalue weighted by Gasteiger charge is -2.24. The van der Waals surface area contributed by atoms with E-state index in [1.54, 1.807) is 6.07 Å². The minimum absolute atomic E-state index is 0.0882. The maximum absolute atomic E-state index is 12.9. The topological polar surface area (TPSA) is 45.2 Å². The quantitative estimate of drug-likeness (QED) is 0.681. The number of amides is 1. The molecule has 0 bridgehead atoms. The van der Waals surface area contributed by atoms with Crippen molar-refractivity contribution in [3.63, 3.8) is 0 Å². The van der Waals surface area contributed by atoms with Crippen LogP contribution in [0.25, 0.3) is 10.9 Å². The molecule has 1 saturated heterocycles. The number of halogens is 1. The first kappa shape index (κ1) is 18.0. The molecule has 4 nitrogen and oxygen atoms in total. The molecule has 3 aromatic rings. The van der Waals surface area contributed by atoms with Crippen LogP contribution in [-0.2, 0) is 0 Å². The Labute approximate surface area is 164 Å². The van der Waals surface area contributed by atoms with Crippen LogP contribution in [0.3, 0.4) is 0 Å². The maximum Gasteiger partial charge on any atom is 0.252 e. The van der Waals surface area contributed by atoms with E-state index >= 15 is 0 Å². The van der Waals surface area contributed by atoms with Crippen LogP contribution in [0.2, 0.25) is 5.15 Å². The average molecular weight is 380 g/mol. The molecule has 0 saturated carbocycles. The molecule has 4 rings (SSSR count). The first-order valence-electron chi connectivity index (χ1n) is 9.27. The van der Waals surface area contributed by atoms with E-state index in [1.807, 2.05) is 30.3 Å². The van der Waals surface area contributed by atoms with Gasteiger partial charge in [0.1, 0.15) is 5.15 Å². The van der Waals surface area contributed by atoms with Gasteiger partial charge in [-0.3, -0.25) is 9.69 Å². The van der Waals surface area contributed by atoms with Crippen molar-refractivity contribution in [3.05, 3.63) is 76.9 Å². The number of fused-ring (bicyclic) bond motifs is 1. The highest BCUT2D eigenvalue weighted by Gasteiger charge is 2.28. The number of aromatic nitrogens is 1. The van der Waals surface area contributed by atoms with Gasteiger partial charge < -0.3 is 5.32 Å². The Bertz CT molecular complexity index is 960. The van der Waals surface area contributed by atoms with Crippen molar-refractivity contribution in [3.8, 4) is 0 Å². The summed E-state index contributed by atoms with van der Waals surface area (Å²) in [5, 5.41) is 4.35. The van der Waals surface area contributed by atoms with Gasteiger partial charge in [0.2, 0.25) is 0 Å². The second kappa shape index (κ2) is 7.67. The van der Waals surface area contributed by atoms with Crippen molar-refractivity contribution in [2.45, 2.75) is 25.4 Å². The van der Waals surface area contributed by atoms with Crippen molar-refractivity contribution >= 4 is 28.4 Å². The number of para-hydroxylation sites is 1. The van der Waals surface area contributed by atoms with E-state index in [4.69, 9.17) is 11.6 Å². The van der Waals surface area contributed by atoms with Gasteiger partial charge in [-0.05, 0) is 31.0 Å². The summed E-state index contributed by atoms with van der Waals surface area (Å²) in [5.41, 5.74) is 2.62. The first-order valence-corrected chi connectivity index (χ1v) is 9.65. The fourth-order valence-corrected chi connectivity index (χ4v) is 3.99. The third kappa shape index (κ3) is 3.82. The monoisotopic (exact) mass is 379 g/mol. The minimum Gasteiger partial charge on any atom is -0.348 e. The molecule has 1 aliphatic heterocycles. The number of rotatable bonds is 4. The Morgan fingerprint density at radius 1 is 1.19 bits per heavy atom. The average Bonchev–Trinajstić information content (AvgIpc) is 3.15. The largest absolute Gasteiger partial charge is 0.348 e. The van der Waals surface area contributed by atoms with Crippen LogP contribution < -0.4 is 5.32 Å². The van der Waals surface area contributed by atoms with E-state index in [-0.39, 0.29) is 11.9 Å². The number of benzene rings is 2. The lowest BCUT2D eigenvalue weighted by atomic mass is 10.1. The second-order valence-electron chi connectivity index (χ2n) is 7.05. The lowest BCUT2D eigenvalue weighted by molar-refractivity contribution is 0.0938. The number of carbonyl (C=O) groups excluding carboxylic acids is 1. The number of pyridine rings is 1. The highest BCUT2D eigenvalue weighted by atomic mass is 35.5. The summed E-state index contributed by atoms with van der Waals surface area (Å²) < 4.78 is 0. The molecule has 2 unspecified atom stereocenters. The molecule has 2 atom stereocenters. The zero-order valence-corrected chi connectivity index (χ0v) is 16.0. The standard InChI is InChI=1S/C22H22ClN3O/c1-15(16-7-3-2-4-8-16)26-12-11-17(14-26)24-22(27)19-13-21(23)25-20-10-6-5-9-18(19)20/h2-10,13,15,17H,11-12,14H2,1H3,(H,24,27). The molecule has 138 valence electrons. The Kier molecular flexibility index (Phi) is 5.10. The number of carbonyl (C=O) groups is 1. The highest BCUT2D eigenvalue weighted by molar-refractivity contribution is 6.30. The van der Waals surface area contributed by atoms with Gasteiger partial charge in [0.05, 0.1) is 11.1 Å². The van der Waals surface area contributed by atoms with Crippen LogP contribution in [0, 0.1) is 0 Å². The summed E-state index contributed by atoms with van der Waals surface area (Å²) in [4.78, 5) is 19.6. The second-order valence-corrected chi connectivity index (χ2v) is 7.44. The van der Waals surface area contributed by atoms with E-state index in [9.17, 15) is 4.79 Å². The number of nitrogens with zero attached hydrogens (tertiary/aromatic N) is 2. The van der Waals surface area contributed by atoms with Crippen molar-refractivity contribution in [1.82, 2.24) is 15.2 Å². The zero-order chi connectivity index (χ0) is 18.8. The molecule has 1 aliphatic rings. The Balaban J connectivity index is 1.47. The van der Waals surface area contributed by atoms with Crippen molar-refractivity contribution < 1.29 is 4.79 Å². The molecule has 1 aromatic heterocycles. The fourth-order valence-electron chi connectivity index (χ4n) is 3.79. The van der Waals surface area contributed by atoms with E-state index in [0.29, 0.717) is 16.8 Å². The number of hydrogen-bond donors (Lipinski definition) is 1. The summed E-state index contributed by atoms with van der Waals surface area (Å²) in [7, 11) is 0. The first-order chi connectivity index (χ1) is 13.1. The fraction of sp³-hybridized carbons (Fsp3) is 0.273. The van der Waals surface area contributed by atoms with E-state index in [0.717, 1.165) is 30.4 Å². The van der Waals surface area contributed by atoms with Gasteiger partial charge in [0, 0.05) is 30.6 Å². The molecule has 1 fully saturated rings. The molecule has 0 aliphatic carbocycles. The molecule has 0 radical (unpaired) electrons. The smallest absolute Gasteiger partial charge is 0.252 e. The molecular formula is C22H22ClN3O. The lowest BCUT2D eigenvalue weighted by Crippen LogP contribution is -2.37. The van der Waals surface area contributed by atoms with Crippen LogP contribution in [0.15, 0.2) is 60.7 Å². The van der Waals surface area contributed by atoms with Crippen LogP contribution in [-0.4, -0.2) is 34.9 Å². The minimum atomic E-state index is -0.0882. The van der Waals surface area contributed by atoms with Crippen LogP contribution in [0.4, 0.5) is 0 Å². The number of likely N-dealkylation sites (tertiary alicyclic amines) is 1. The van der Waals surface area contributed by atoms with Gasteiger partial charge >= 0.3 is 0 Å². The predicted octanol–water partition coefficient (Wildman–Crippen LogP) is 4.45. The van der Waals surface area contributed by atoms with Gasteiger partial charge in [0.15, 0.2) is 0 Å². The maximum atomic E-state index is 12.9. The molecule has 0 spiro atoms. The predicted molar refractivity (Wildman–Crippen MR) is 109 cm³/mol. The SMILES string of the molecule is CC(c1ccccc1)N1CCC(NC(=O)c2cc(Cl)nc3ccccc23)C1. The van der Waals surface area contributed by atoms with Gasteiger partial charge in [-0.15, -0.1) is 0 Å². The third-order valence-corrected chi connectivity index (χ3v) is 5.51. The number of hydrogen-bond acceptors (Lipinski definition) is 3. The van der Waals surface area contributed by atoms with Crippen molar-refractivity contribution in [2.24, 2.45) is 0 Å². The zero-order valence-electron chi connectivity index (χ0n) is 15.2. The summed E-state index contributed by atoms with van der Waals surface area (Å²) in [6.45, 7) is 4.03. The van der Waals surface area contributed by atoms with Gasteiger partial charge in [0.25, 0.3) is 5.91 Å². The highest BCUT2D eigenvalue weighted by Crippen LogP contribution is 2.25. The van der Waals surface area contributed by atoms with Crippen LogP contribution in [0.1, 0.15) is 35.3 Å². The summed E-state index contributed by atoms with van der Waals surface area (Å²) in [5.74, 6) is -0.0882. The van der Waals surface area contributed by atoms with Crippen molar-refractivity contribution in [2.75, 3.05) is 13.1 Å². The van der Waals surface area contributed by atoms with Crippen molar-refractivity contribution in [1.29, 1.82) is 0 Å². The summed E-state index contributed by atoms with van der Waals surface area (Å²) >= 11 is 6.12. The number of nitrogens with one attached hydrogen (secondary N) is 1. The summed E-state index contributed by atoms with van der Waals surface area (Å²) in [6, 6.07) is 20.2. The van der Waals surface area contributed by atoms with Gasteiger partial charge in [-0.2, -0.15) is 0 Å². The molecule has 1 amide bonds. The molecule has 2 heterocycles. The van der Waals surface area contributed by atoms with Crippen LogP contribution in [0.5, 0.6) is 0 Å². The normalized spacial score (nSPS) is 18.5.